The van der Waals surface area contributed by atoms with Crippen LogP contribution in [0.2, 0.25) is 0 Å². The van der Waals surface area contributed by atoms with Crippen LogP contribution in [-0.2, 0) is 27.8 Å². The topological polar surface area (TPSA) is 155 Å². The molecular weight excluding hydrogens is 435 g/mol. The maximum Gasteiger partial charge on any atom is 0.491 e. The van der Waals surface area contributed by atoms with Crippen molar-refractivity contribution in [1.29, 1.82) is 0 Å². The summed E-state index contributed by atoms with van der Waals surface area (Å²) in [6.07, 6.45) is -0.0925. The van der Waals surface area contributed by atoms with Gasteiger partial charge in [0, 0.05) is 5.69 Å². The van der Waals surface area contributed by atoms with E-state index in [9.17, 15) is 23.3 Å². The molecule has 0 radical (unpaired) electrons. The molecule has 0 aliphatic carbocycles. The van der Waals surface area contributed by atoms with Gasteiger partial charge in [0.15, 0.2) is 5.03 Å². The highest BCUT2D eigenvalue weighted by Gasteiger charge is 2.28. The monoisotopic (exact) mass is 454 g/mol. The summed E-state index contributed by atoms with van der Waals surface area (Å²) in [5.41, 5.74) is 8.05. The van der Waals surface area contributed by atoms with Gasteiger partial charge in [-0.25, -0.2) is 9.78 Å². The zero-order valence-corrected chi connectivity index (χ0v) is 17.5. The third-order valence-corrected chi connectivity index (χ3v) is 6.26. The molecule has 1 aromatic heterocycles. The molecule has 0 saturated carbocycles. The average Bonchev–Trinajstić information content (AvgIpc) is 3.12. The Balaban J connectivity index is 1.59. The number of amides is 1. The van der Waals surface area contributed by atoms with Crippen molar-refractivity contribution in [3.05, 3.63) is 71.9 Å². The molecule has 0 spiro atoms. The van der Waals surface area contributed by atoms with Gasteiger partial charge in [-0.05, 0) is 34.8 Å². The Morgan fingerprint density at radius 3 is 2.66 bits per heavy atom. The van der Waals surface area contributed by atoms with E-state index in [1.165, 1.54) is 18.2 Å². The fraction of sp³-hybridized carbons (Fsp3) is 0.100. The second kappa shape index (κ2) is 8.50. The van der Waals surface area contributed by atoms with Crippen LogP contribution in [0.3, 0.4) is 0 Å². The number of benzene rings is 2. The SMILES string of the molecule is Nc1cc(N(Cc2ccccc2)C(=O)O)cnc1S(=O)(=O)Nc1ccc2c(c1)B(O)OC2. The molecule has 5 N–H and O–H groups in total. The molecule has 2 heterocycles. The van der Waals surface area contributed by atoms with Gasteiger partial charge in [0.05, 0.1) is 30.7 Å². The van der Waals surface area contributed by atoms with E-state index < -0.39 is 28.3 Å². The summed E-state index contributed by atoms with van der Waals surface area (Å²) >= 11 is 0. The van der Waals surface area contributed by atoms with Crippen LogP contribution >= 0.6 is 0 Å². The van der Waals surface area contributed by atoms with E-state index in [1.807, 2.05) is 6.07 Å². The van der Waals surface area contributed by atoms with Crippen molar-refractivity contribution >= 4 is 45.8 Å². The Labute approximate surface area is 184 Å². The lowest BCUT2D eigenvalue weighted by molar-refractivity contribution is 0.201. The maximum atomic E-state index is 12.8. The number of nitrogens with one attached hydrogen (secondary N) is 1. The van der Waals surface area contributed by atoms with Gasteiger partial charge in [0.25, 0.3) is 10.0 Å². The number of pyridine rings is 1. The van der Waals surface area contributed by atoms with Crippen LogP contribution in [0, 0.1) is 0 Å². The van der Waals surface area contributed by atoms with Gasteiger partial charge in [0.1, 0.15) is 0 Å². The van der Waals surface area contributed by atoms with E-state index in [0.29, 0.717) is 5.46 Å². The van der Waals surface area contributed by atoms with Gasteiger partial charge in [-0.2, -0.15) is 8.42 Å². The highest BCUT2D eigenvalue weighted by atomic mass is 32.2. The van der Waals surface area contributed by atoms with Gasteiger partial charge in [-0.15, -0.1) is 0 Å². The van der Waals surface area contributed by atoms with Gasteiger partial charge in [-0.1, -0.05) is 36.4 Å². The van der Waals surface area contributed by atoms with Gasteiger partial charge >= 0.3 is 13.2 Å². The maximum absolute atomic E-state index is 12.8. The van der Waals surface area contributed by atoms with Crippen molar-refractivity contribution in [3.8, 4) is 0 Å². The minimum Gasteiger partial charge on any atom is -0.465 e. The highest BCUT2D eigenvalue weighted by Crippen LogP contribution is 2.26. The molecule has 0 bridgehead atoms. The van der Waals surface area contributed by atoms with E-state index in [2.05, 4.69) is 9.71 Å². The molecule has 0 fully saturated rings. The summed E-state index contributed by atoms with van der Waals surface area (Å²) in [4.78, 5) is 16.7. The zero-order valence-electron chi connectivity index (χ0n) is 16.7. The Bertz CT molecular complexity index is 1270. The first-order chi connectivity index (χ1) is 15.2. The first-order valence-electron chi connectivity index (χ1n) is 9.50. The fourth-order valence-electron chi connectivity index (χ4n) is 3.35. The second-order valence-electron chi connectivity index (χ2n) is 7.12. The number of sulfonamides is 1. The molecule has 2 aromatic carbocycles. The minimum atomic E-state index is -4.18. The molecule has 10 nitrogen and oxygen atoms in total. The molecule has 1 amide bonds. The van der Waals surface area contributed by atoms with Crippen LogP contribution in [0.4, 0.5) is 21.9 Å². The Hall–Kier alpha value is -3.61. The first kappa shape index (κ1) is 21.6. The number of rotatable bonds is 6. The molecule has 164 valence electrons. The molecule has 4 rings (SSSR count). The second-order valence-corrected chi connectivity index (χ2v) is 8.72. The van der Waals surface area contributed by atoms with Crippen LogP contribution in [0.25, 0.3) is 0 Å². The van der Waals surface area contributed by atoms with E-state index in [0.717, 1.165) is 22.2 Å². The van der Waals surface area contributed by atoms with Crippen molar-refractivity contribution < 1.29 is 28.0 Å². The molecule has 32 heavy (non-hydrogen) atoms. The van der Waals surface area contributed by atoms with Crippen LogP contribution in [0.1, 0.15) is 11.1 Å². The largest absolute Gasteiger partial charge is 0.491 e. The quantitative estimate of drug-likeness (QED) is 0.407. The predicted octanol–water partition coefficient (Wildman–Crippen LogP) is 1.37. The molecular formula is C20H19BN4O6S. The summed E-state index contributed by atoms with van der Waals surface area (Å²) in [5.74, 6) is 0. The smallest absolute Gasteiger partial charge is 0.465 e. The minimum absolute atomic E-state index is 0.0428. The Morgan fingerprint density at radius 1 is 1.22 bits per heavy atom. The lowest BCUT2D eigenvalue weighted by atomic mass is 9.79. The third-order valence-electron chi connectivity index (χ3n) is 4.91. The zero-order chi connectivity index (χ0) is 22.9. The van der Waals surface area contributed by atoms with E-state index >= 15 is 0 Å². The molecule has 1 aliphatic heterocycles. The number of carboxylic acid groups (broad SMARTS) is 1. The molecule has 1 aliphatic rings. The number of aromatic nitrogens is 1. The lowest BCUT2D eigenvalue weighted by Crippen LogP contribution is -2.29. The van der Waals surface area contributed by atoms with Gasteiger partial charge in [0.2, 0.25) is 0 Å². The van der Waals surface area contributed by atoms with E-state index in [4.69, 9.17) is 10.4 Å². The number of nitrogens with zero attached hydrogens (tertiary/aromatic N) is 2. The van der Waals surface area contributed by atoms with Crippen LogP contribution < -0.4 is 20.8 Å². The van der Waals surface area contributed by atoms with Gasteiger partial charge in [-0.3, -0.25) is 9.62 Å². The van der Waals surface area contributed by atoms with Crippen molar-refractivity contribution in [1.82, 2.24) is 4.98 Å². The molecule has 0 saturated heterocycles. The number of anilines is 3. The summed E-state index contributed by atoms with van der Waals surface area (Å²) < 4.78 is 33.1. The molecule has 12 heteroatoms. The summed E-state index contributed by atoms with van der Waals surface area (Å²) in [6.45, 7) is 0.281. The average molecular weight is 454 g/mol. The van der Waals surface area contributed by atoms with Crippen molar-refractivity contribution in [2.24, 2.45) is 0 Å². The number of hydrogen-bond acceptors (Lipinski definition) is 7. The van der Waals surface area contributed by atoms with Crippen LogP contribution in [0.5, 0.6) is 0 Å². The van der Waals surface area contributed by atoms with E-state index in [1.54, 1.807) is 30.3 Å². The number of nitrogen functional groups attached to an aromatic ring is 1. The summed E-state index contributed by atoms with van der Waals surface area (Å²) in [7, 11) is -5.30. The van der Waals surface area contributed by atoms with Crippen molar-refractivity contribution in [2.45, 2.75) is 18.2 Å². The number of fused-ring (bicyclic) bond motifs is 1. The van der Waals surface area contributed by atoms with E-state index in [-0.39, 0.29) is 30.2 Å². The highest BCUT2D eigenvalue weighted by molar-refractivity contribution is 7.92. The summed E-state index contributed by atoms with van der Waals surface area (Å²) in [6, 6.07) is 14.8. The number of nitrogens with two attached hydrogens (primary N) is 1. The first-order valence-corrected chi connectivity index (χ1v) is 11.0. The number of carbonyl (C=O) groups is 1. The Kier molecular flexibility index (Phi) is 5.74. The standard InChI is InChI=1S/C20H19BN4O6S/c22-18-9-16(25(20(26)27)11-13-4-2-1-3-5-13)10-23-19(18)32(29,30)24-15-7-6-14-12-31-21(28)17(14)8-15/h1-10,24,28H,11-12,22H2,(H,26,27). The third kappa shape index (κ3) is 4.37. The molecule has 0 unspecified atom stereocenters. The summed E-state index contributed by atoms with van der Waals surface area (Å²) in [5, 5.41) is 19.0. The number of hydrogen-bond donors (Lipinski definition) is 4. The lowest BCUT2D eigenvalue weighted by Gasteiger charge is -2.20. The van der Waals surface area contributed by atoms with Crippen molar-refractivity contribution in [3.63, 3.8) is 0 Å². The molecule has 0 atom stereocenters. The van der Waals surface area contributed by atoms with Crippen molar-refractivity contribution in [2.75, 3.05) is 15.4 Å². The Morgan fingerprint density at radius 2 is 1.97 bits per heavy atom. The fourth-order valence-corrected chi connectivity index (χ4v) is 4.44. The normalized spacial score (nSPS) is 13.0. The van der Waals surface area contributed by atoms with Crippen LogP contribution in [0.15, 0.2) is 65.8 Å². The van der Waals surface area contributed by atoms with Gasteiger partial charge < -0.3 is 20.5 Å². The van der Waals surface area contributed by atoms with Crippen LogP contribution in [-0.4, -0.2) is 36.7 Å². The molecule has 3 aromatic rings. The predicted molar refractivity (Wildman–Crippen MR) is 119 cm³/mol.